The maximum Gasteiger partial charge on any atom is 0.518 e. The molecule has 10 heteroatoms. The molecule has 0 radical (unpaired) electrons. The first kappa shape index (κ1) is 19.1. The van der Waals surface area contributed by atoms with Crippen molar-refractivity contribution in [2.24, 2.45) is 0 Å². The fourth-order valence-corrected chi connectivity index (χ4v) is 4.00. The molecule has 0 aliphatic rings. The Morgan fingerprint density at radius 1 is 0.720 bits per heavy atom. The molecule has 2 aromatic rings. The van der Waals surface area contributed by atoms with Crippen LogP contribution in [-0.2, 0) is 20.2 Å². The molecule has 0 fully saturated rings. The van der Waals surface area contributed by atoms with E-state index in [-0.39, 0.29) is 11.1 Å². The van der Waals surface area contributed by atoms with Gasteiger partial charge in [-0.1, -0.05) is 36.4 Å². The number of hydrogen-bond donors (Lipinski definition) is 0. The lowest BCUT2D eigenvalue weighted by molar-refractivity contribution is 0.156. The molecule has 6 nitrogen and oxygen atoms in total. The number of benzene rings is 2. The minimum atomic E-state index is -5.87. The first-order valence-electron chi connectivity index (χ1n) is 6.85. The molecule has 25 heavy (non-hydrogen) atoms. The van der Waals surface area contributed by atoms with Crippen LogP contribution in [0.2, 0.25) is 0 Å². The van der Waals surface area contributed by atoms with Gasteiger partial charge >= 0.3 is 24.8 Å². The lowest BCUT2D eigenvalue weighted by atomic mass is 10.2. The first-order chi connectivity index (χ1) is 11.5. The van der Waals surface area contributed by atoms with Crippen LogP contribution < -0.4 is 8.37 Å². The standard InChI is InChI=1S/C15H14F2O6S2/c1-11-7-3-5-9-13(11)22-24(18,19)15(16,17)25(20,21)23-14-10-6-4-8-12(14)2/h3-10H,1-2H3. The number of hydrogen-bond acceptors (Lipinski definition) is 6. The minimum Gasteiger partial charge on any atom is -0.377 e. The molecule has 0 saturated heterocycles. The molecular weight excluding hydrogens is 378 g/mol. The van der Waals surface area contributed by atoms with Crippen LogP contribution >= 0.6 is 0 Å². The van der Waals surface area contributed by atoms with Crippen molar-refractivity contribution in [3.8, 4) is 11.5 Å². The summed E-state index contributed by atoms with van der Waals surface area (Å²) in [5.41, 5.74) is 0.471. The quantitative estimate of drug-likeness (QED) is 0.703. The zero-order valence-corrected chi connectivity index (χ0v) is 14.8. The molecule has 2 aromatic carbocycles. The Morgan fingerprint density at radius 3 is 1.36 bits per heavy atom. The first-order valence-corrected chi connectivity index (χ1v) is 9.67. The summed E-state index contributed by atoms with van der Waals surface area (Å²) in [4.78, 5) is 0. The zero-order chi connectivity index (χ0) is 18.9. The Kier molecular flexibility index (Phi) is 5.05. The fraction of sp³-hybridized carbons (Fsp3) is 0.200. The molecule has 0 unspecified atom stereocenters. The van der Waals surface area contributed by atoms with Crippen molar-refractivity contribution in [2.75, 3.05) is 0 Å². The summed E-state index contributed by atoms with van der Waals surface area (Å²) in [7, 11) is -11.7. The van der Waals surface area contributed by atoms with Crippen LogP contribution in [0.1, 0.15) is 11.1 Å². The van der Waals surface area contributed by atoms with E-state index in [0.717, 1.165) is 12.1 Å². The minimum absolute atomic E-state index is 0.235. The van der Waals surface area contributed by atoms with Crippen molar-refractivity contribution in [3.05, 3.63) is 59.7 Å². The number of rotatable bonds is 6. The molecule has 0 aliphatic carbocycles. The molecule has 0 N–H and O–H groups in total. The fourth-order valence-electron chi connectivity index (χ4n) is 1.76. The summed E-state index contributed by atoms with van der Waals surface area (Å²) in [6.07, 6.45) is 0. The van der Waals surface area contributed by atoms with Gasteiger partial charge in [-0.2, -0.15) is 25.6 Å². The van der Waals surface area contributed by atoms with E-state index in [0.29, 0.717) is 0 Å². The predicted molar refractivity (Wildman–Crippen MR) is 86.4 cm³/mol. The zero-order valence-electron chi connectivity index (χ0n) is 13.1. The van der Waals surface area contributed by atoms with Gasteiger partial charge in [-0.25, -0.2) is 0 Å². The summed E-state index contributed by atoms with van der Waals surface area (Å²) in [5, 5.41) is 0. The molecule has 0 bridgehead atoms. The highest BCUT2D eigenvalue weighted by molar-refractivity contribution is 8.05. The molecule has 0 aliphatic heterocycles. The molecular formula is C15H14F2O6S2. The second kappa shape index (κ2) is 6.60. The predicted octanol–water partition coefficient (Wildman–Crippen LogP) is 2.97. The average Bonchev–Trinajstić information content (AvgIpc) is 2.51. The maximum absolute atomic E-state index is 14.2. The highest BCUT2D eigenvalue weighted by Crippen LogP contribution is 2.34. The molecule has 0 amide bonds. The van der Waals surface area contributed by atoms with E-state index in [4.69, 9.17) is 0 Å². The third kappa shape index (κ3) is 3.74. The largest absolute Gasteiger partial charge is 0.518 e. The van der Waals surface area contributed by atoms with Gasteiger partial charge in [0.2, 0.25) is 0 Å². The Labute approximate surface area is 144 Å². The number of aryl methyl sites for hydroxylation is 2. The Balaban J connectivity index is 2.38. The van der Waals surface area contributed by atoms with Crippen molar-refractivity contribution in [1.29, 1.82) is 0 Å². The van der Waals surface area contributed by atoms with Gasteiger partial charge in [0.25, 0.3) is 0 Å². The van der Waals surface area contributed by atoms with Crippen LogP contribution in [0.4, 0.5) is 8.78 Å². The summed E-state index contributed by atoms with van der Waals surface area (Å²) in [6.45, 7) is 2.84. The van der Waals surface area contributed by atoms with Crippen LogP contribution in [0.15, 0.2) is 48.5 Å². The van der Waals surface area contributed by atoms with Crippen LogP contribution in [0.3, 0.4) is 0 Å². The highest BCUT2D eigenvalue weighted by Gasteiger charge is 2.62. The van der Waals surface area contributed by atoms with E-state index in [9.17, 15) is 25.6 Å². The molecule has 0 atom stereocenters. The number of para-hydroxylation sites is 2. The molecule has 2 rings (SSSR count). The molecule has 136 valence electrons. The van der Waals surface area contributed by atoms with Gasteiger partial charge in [0, 0.05) is 0 Å². The van der Waals surface area contributed by atoms with Gasteiger partial charge in [-0.3, -0.25) is 0 Å². The van der Waals surface area contributed by atoms with E-state index in [1.54, 1.807) is 0 Å². The van der Waals surface area contributed by atoms with Crippen LogP contribution in [0.5, 0.6) is 11.5 Å². The van der Waals surface area contributed by atoms with Gasteiger partial charge in [0.1, 0.15) is 11.5 Å². The third-order valence-electron chi connectivity index (χ3n) is 3.17. The van der Waals surface area contributed by atoms with Crippen LogP contribution in [-0.4, -0.2) is 21.4 Å². The van der Waals surface area contributed by atoms with Gasteiger partial charge in [0.05, 0.1) is 0 Å². The van der Waals surface area contributed by atoms with Crippen molar-refractivity contribution in [2.45, 2.75) is 18.4 Å². The molecule has 0 saturated carbocycles. The van der Waals surface area contributed by atoms with E-state index in [1.165, 1.54) is 50.2 Å². The topological polar surface area (TPSA) is 86.7 Å². The summed E-state index contributed by atoms with van der Waals surface area (Å²) < 4.78 is 79.1. The maximum atomic E-state index is 14.2. The van der Waals surface area contributed by atoms with E-state index in [1.807, 2.05) is 0 Å². The van der Waals surface area contributed by atoms with Gasteiger partial charge < -0.3 is 8.37 Å². The SMILES string of the molecule is Cc1ccccc1OS(=O)(=O)C(F)(F)S(=O)(=O)Oc1ccccc1C. The second-order valence-electron chi connectivity index (χ2n) is 5.07. The Morgan fingerprint density at radius 2 is 1.04 bits per heavy atom. The van der Waals surface area contributed by atoms with Gasteiger partial charge in [-0.15, -0.1) is 0 Å². The van der Waals surface area contributed by atoms with E-state index < -0.39 is 36.3 Å². The highest BCUT2D eigenvalue weighted by atomic mass is 32.3. The molecule has 0 aromatic heterocycles. The van der Waals surface area contributed by atoms with E-state index in [2.05, 4.69) is 8.37 Å². The molecule has 0 spiro atoms. The Bertz CT molecular complexity index is 905. The van der Waals surface area contributed by atoms with Crippen LogP contribution in [0.25, 0.3) is 0 Å². The molecule has 0 heterocycles. The van der Waals surface area contributed by atoms with Crippen molar-refractivity contribution in [3.63, 3.8) is 0 Å². The lowest BCUT2D eigenvalue weighted by Crippen LogP contribution is -2.43. The second-order valence-corrected chi connectivity index (χ2v) is 8.50. The third-order valence-corrected chi connectivity index (χ3v) is 6.36. The Hall–Kier alpha value is -2.20. The summed E-state index contributed by atoms with van der Waals surface area (Å²) in [5.74, 6) is -0.818. The average molecular weight is 392 g/mol. The normalized spacial score (nSPS) is 12.6. The van der Waals surface area contributed by atoms with Crippen molar-refractivity contribution < 1.29 is 34.0 Å². The van der Waals surface area contributed by atoms with Crippen molar-refractivity contribution in [1.82, 2.24) is 0 Å². The van der Waals surface area contributed by atoms with Crippen LogP contribution in [0, 0.1) is 13.8 Å². The van der Waals surface area contributed by atoms with Gasteiger partial charge in [0.15, 0.2) is 0 Å². The smallest absolute Gasteiger partial charge is 0.377 e. The lowest BCUT2D eigenvalue weighted by Gasteiger charge is -2.18. The van der Waals surface area contributed by atoms with E-state index >= 15 is 0 Å². The number of alkyl halides is 2. The summed E-state index contributed by atoms with van der Waals surface area (Å²) >= 11 is 0. The van der Waals surface area contributed by atoms with Gasteiger partial charge in [-0.05, 0) is 37.1 Å². The number of halogens is 2. The van der Waals surface area contributed by atoms with Crippen molar-refractivity contribution >= 4 is 20.2 Å². The monoisotopic (exact) mass is 392 g/mol. The summed E-state index contributed by atoms with van der Waals surface area (Å²) in [6, 6.07) is 10.9.